The number of aromatic nitrogens is 4. The molecule has 0 spiro atoms. The maximum absolute atomic E-state index is 13.0. The van der Waals surface area contributed by atoms with E-state index >= 15 is 0 Å². The topological polar surface area (TPSA) is 108 Å². The summed E-state index contributed by atoms with van der Waals surface area (Å²) in [6.45, 7) is 2.87. The van der Waals surface area contributed by atoms with Crippen LogP contribution >= 0.6 is 11.6 Å². The van der Waals surface area contributed by atoms with Crippen molar-refractivity contribution in [3.8, 4) is 0 Å². The van der Waals surface area contributed by atoms with Gasteiger partial charge in [0.15, 0.2) is 11.2 Å². The van der Waals surface area contributed by atoms with Gasteiger partial charge in [-0.15, -0.1) is 0 Å². The number of rotatable bonds is 3. The molecular weight excluding hydrogens is 384 g/mol. The van der Waals surface area contributed by atoms with Crippen LogP contribution in [0.15, 0.2) is 33.9 Å². The lowest BCUT2D eigenvalue weighted by Crippen LogP contribution is -2.43. The van der Waals surface area contributed by atoms with Gasteiger partial charge >= 0.3 is 5.69 Å². The summed E-state index contributed by atoms with van der Waals surface area (Å²) in [4.78, 5) is 43.5. The number of hydrogen-bond acceptors (Lipinski definition) is 5. The number of hydrogen-bond donors (Lipinski definition) is 1. The van der Waals surface area contributed by atoms with E-state index < -0.39 is 23.7 Å². The minimum absolute atomic E-state index is 0.224. The van der Waals surface area contributed by atoms with E-state index in [0.29, 0.717) is 24.1 Å². The third kappa shape index (κ3) is 2.78. The van der Waals surface area contributed by atoms with Crippen molar-refractivity contribution in [3.05, 3.63) is 50.1 Å². The maximum Gasteiger partial charge on any atom is 0.332 e. The number of halogens is 1. The first-order valence-electron chi connectivity index (χ1n) is 8.79. The molecule has 0 radical (unpaired) electrons. The van der Waals surface area contributed by atoms with Gasteiger partial charge in [-0.1, -0.05) is 18.5 Å². The second-order valence-electron chi connectivity index (χ2n) is 7.09. The minimum Gasteiger partial charge on any atom is -0.368 e. The summed E-state index contributed by atoms with van der Waals surface area (Å²) in [5, 5.41) is 0.624. The Labute approximate surface area is 164 Å². The molecule has 1 aromatic carbocycles. The third-order valence-corrected chi connectivity index (χ3v) is 5.15. The van der Waals surface area contributed by atoms with Crippen molar-refractivity contribution in [1.29, 1.82) is 0 Å². The molecule has 4 rings (SSSR count). The molecule has 0 bridgehead atoms. The molecule has 1 amide bonds. The number of carbonyl (C=O) groups excluding carboxylic acids is 1. The molecule has 3 aromatic rings. The average molecular weight is 403 g/mol. The van der Waals surface area contributed by atoms with Gasteiger partial charge in [0.1, 0.15) is 6.54 Å². The predicted molar refractivity (Wildman–Crippen MR) is 106 cm³/mol. The van der Waals surface area contributed by atoms with E-state index in [9.17, 15) is 14.4 Å². The van der Waals surface area contributed by atoms with Crippen molar-refractivity contribution in [3.63, 3.8) is 0 Å². The van der Waals surface area contributed by atoms with Crippen molar-refractivity contribution in [1.82, 2.24) is 18.7 Å². The maximum atomic E-state index is 13.0. The molecule has 0 saturated carbocycles. The second kappa shape index (κ2) is 6.52. The quantitative estimate of drug-likeness (QED) is 0.697. The first-order valence-corrected chi connectivity index (χ1v) is 9.17. The fraction of sp³-hybridized carbons (Fsp3) is 0.333. The van der Waals surface area contributed by atoms with Gasteiger partial charge in [0.2, 0.25) is 11.9 Å². The Balaban J connectivity index is 2.00. The lowest BCUT2D eigenvalue weighted by atomic mass is 10.1. The van der Waals surface area contributed by atoms with Crippen molar-refractivity contribution in [2.75, 3.05) is 11.4 Å². The van der Waals surface area contributed by atoms with Gasteiger partial charge in [-0.25, -0.2) is 9.36 Å². The van der Waals surface area contributed by atoms with Gasteiger partial charge < -0.3 is 15.2 Å². The van der Waals surface area contributed by atoms with Crippen LogP contribution in [0.5, 0.6) is 0 Å². The number of amides is 1. The van der Waals surface area contributed by atoms with Gasteiger partial charge in [0.05, 0.1) is 0 Å². The monoisotopic (exact) mass is 402 g/mol. The number of fused-ring (bicyclic) bond motifs is 3. The smallest absolute Gasteiger partial charge is 0.332 e. The van der Waals surface area contributed by atoms with E-state index in [1.54, 1.807) is 16.7 Å². The van der Waals surface area contributed by atoms with Crippen LogP contribution in [0.2, 0.25) is 5.02 Å². The number of benzene rings is 1. The van der Waals surface area contributed by atoms with Crippen LogP contribution in [-0.4, -0.2) is 31.1 Å². The third-order valence-electron chi connectivity index (χ3n) is 4.89. The first kappa shape index (κ1) is 18.3. The molecule has 2 aromatic heterocycles. The van der Waals surface area contributed by atoms with Crippen LogP contribution in [0.25, 0.3) is 11.2 Å². The minimum atomic E-state index is -0.756. The molecule has 0 fully saturated rings. The summed E-state index contributed by atoms with van der Waals surface area (Å²) < 4.78 is 3.93. The molecule has 0 aliphatic carbocycles. The molecule has 0 saturated heterocycles. The van der Waals surface area contributed by atoms with Gasteiger partial charge in [0.25, 0.3) is 5.56 Å². The van der Waals surface area contributed by atoms with Gasteiger partial charge in [-0.2, -0.15) is 4.98 Å². The number of primary amides is 1. The molecule has 2 N–H and O–H groups in total. The summed E-state index contributed by atoms with van der Waals surface area (Å²) in [6, 6.07) is 7.35. The fourth-order valence-corrected chi connectivity index (χ4v) is 3.76. The fourth-order valence-electron chi connectivity index (χ4n) is 3.64. The summed E-state index contributed by atoms with van der Waals surface area (Å²) in [7, 11) is 1.52. The highest BCUT2D eigenvalue weighted by Crippen LogP contribution is 2.33. The molecule has 3 heterocycles. The molecule has 1 aliphatic heterocycles. The Morgan fingerprint density at radius 2 is 1.93 bits per heavy atom. The SMILES string of the molecule is C[C@@H]1CN(c2ccc(Cl)cc2)c2nc3c(c(=O)n(CC(N)=O)c(=O)n3C)n2C1. The normalized spacial score (nSPS) is 16.4. The van der Waals surface area contributed by atoms with E-state index in [2.05, 4.69) is 11.9 Å². The van der Waals surface area contributed by atoms with Crippen LogP contribution in [0.3, 0.4) is 0 Å². The van der Waals surface area contributed by atoms with Crippen LogP contribution in [0.1, 0.15) is 6.92 Å². The standard InChI is InChI=1S/C18H19ClN6O3/c1-10-7-23(12-5-3-11(19)4-6-12)17-21-15-14(24(17)8-10)16(27)25(9-13(20)26)18(28)22(15)2/h3-6,10H,7-9H2,1-2H3,(H2,20,26)/t10-/m1/s1. The molecule has 1 atom stereocenters. The number of carbonyl (C=O) groups is 1. The largest absolute Gasteiger partial charge is 0.368 e. The summed E-state index contributed by atoms with van der Waals surface area (Å²) >= 11 is 6.00. The van der Waals surface area contributed by atoms with Crippen molar-refractivity contribution >= 4 is 40.3 Å². The van der Waals surface area contributed by atoms with E-state index in [4.69, 9.17) is 17.3 Å². The molecule has 28 heavy (non-hydrogen) atoms. The van der Waals surface area contributed by atoms with E-state index in [1.165, 1.54) is 11.6 Å². The number of nitrogens with two attached hydrogens (primary N) is 1. The Morgan fingerprint density at radius 3 is 2.57 bits per heavy atom. The Morgan fingerprint density at radius 1 is 1.25 bits per heavy atom. The van der Waals surface area contributed by atoms with E-state index in [0.717, 1.165) is 10.3 Å². The number of aryl methyl sites for hydroxylation is 1. The zero-order valence-electron chi connectivity index (χ0n) is 15.4. The zero-order valence-corrected chi connectivity index (χ0v) is 16.2. The van der Waals surface area contributed by atoms with Gasteiger partial charge in [-0.05, 0) is 30.2 Å². The molecule has 10 heteroatoms. The Kier molecular flexibility index (Phi) is 4.26. The highest BCUT2D eigenvalue weighted by molar-refractivity contribution is 6.30. The zero-order chi connectivity index (χ0) is 20.2. The van der Waals surface area contributed by atoms with E-state index in [-0.39, 0.29) is 17.1 Å². The molecular formula is C18H19ClN6O3. The van der Waals surface area contributed by atoms with Crippen LogP contribution < -0.4 is 21.9 Å². The molecule has 0 unspecified atom stereocenters. The molecule has 9 nitrogen and oxygen atoms in total. The van der Waals surface area contributed by atoms with E-state index in [1.807, 2.05) is 17.0 Å². The summed E-state index contributed by atoms with van der Waals surface area (Å²) in [6.07, 6.45) is 0. The highest BCUT2D eigenvalue weighted by Gasteiger charge is 2.29. The predicted octanol–water partition coefficient (Wildman–Crippen LogP) is 0.823. The number of anilines is 2. The average Bonchev–Trinajstić information content (AvgIpc) is 3.03. The lowest BCUT2D eigenvalue weighted by Gasteiger charge is -2.33. The molecule has 1 aliphatic rings. The summed E-state index contributed by atoms with van der Waals surface area (Å²) in [5.41, 5.74) is 5.46. The van der Waals surface area contributed by atoms with Crippen LogP contribution in [0, 0.1) is 5.92 Å². The number of nitrogens with zero attached hydrogens (tertiary/aromatic N) is 5. The lowest BCUT2D eigenvalue weighted by molar-refractivity contribution is -0.118. The van der Waals surface area contributed by atoms with Crippen LogP contribution in [0.4, 0.5) is 11.6 Å². The first-order chi connectivity index (χ1) is 13.3. The number of imidazole rings is 1. The second-order valence-corrected chi connectivity index (χ2v) is 7.52. The molecule has 146 valence electrons. The van der Waals surface area contributed by atoms with Gasteiger partial charge in [-0.3, -0.25) is 14.2 Å². The highest BCUT2D eigenvalue weighted by atomic mass is 35.5. The summed E-state index contributed by atoms with van der Waals surface area (Å²) in [5.74, 6) is 0.0363. The Hall–Kier alpha value is -3.07. The van der Waals surface area contributed by atoms with Crippen molar-refractivity contribution in [2.24, 2.45) is 18.7 Å². The Bertz CT molecular complexity index is 1210. The van der Waals surface area contributed by atoms with Gasteiger partial charge in [0, 0.05) is 30.8 Å². The van der Waals surface area contributed by atoms with Crippen molar-refractivity contribution < 1.29 is 4.79 Å². The van der Waals surface area contributed by atoms with Crippen molar-refractivity contribution in [2.45, 2.75) is 20.0 Å². The van der Waals surface area contributed by atoms with Crippen LogP contribution in [-0.2, 0) is 24.9 Å².